The van der Waals surface area contributed by atoms with Crippen LogP contribution in [0.15, 0.2) is 54.6 Å². The molecule has 0 unspecified atom stereocenters. The number of methoxy groups -OCH3 is 1. The molecule has 31 heavy (non-hydrogen) atoms. The maximum atomic E-state index is 13.0. The molecule has 0 saturated heterocycles. The highest BCUT2D eigenvalue weighted by molar-refractivity contribution is 5.94. The van der Waals surface area contributed by atoms with Gasteiger partial charge in [-0.25, -0.2) is 0 Å². The quantitative estimate of drug-likeness (QED) is 0.585. The van der Waals surface area contributed by atoms with Gasteiger partial charge in [-0.1, -0.05) is 42.5 Å². The highest BCUT2D eigenvalue weighted by Crippen LogP contribution is 2.25. The number of hydrogen-bond donors (Lipinski definition) is 2. The van der Waals surface area contributed by atoms with E-state index in [1.807, 2.05) is 42.5 Å². The van der Waals surface area contributed by atoms with Crippen LogP contribution < -0.4 is 10.1 Å². The normalized spacial score (nSPS) is 13.6. The number of carbonyl (C=O) groups excluding carboxylic acids is 1. The second kappa shape index (κ2) is 9.76. The topological polar surface area (TPSA) is 79.6 Å². The van der Waals surface area contributed by atoms with E-state index in [-0.39, 0.29) is 12.5 Å². The molecule has 3 aromatic rings. The van der Waals surface area contributed by atoms with Crippen molar-refractivity contribution in [3.05, 3.63) is 82.7 Å². The summed E-state index contributed by atoms with van der Waals surface area (Å²) in [6, 6.07) is 17.9. The Labute approximate surface area is 182 Å². The Bertz CT molecular complexity index is 1020. The van der Waals surface area contributed by atoms with Crippen LogP contribution in [-0.4, -0.2) is 46.0 Å². The van der Waals surface area contributed by atoms with E-state index >= 15 is 0 Å². The first kappa shape index (κ1) is 21.1. The number of aliphatic hydroxyl groups is 1. The summed E-state index contributed by atoms with van der Waals surface area (Å²) in [6.07, 6.45) is 0.796. The van der Waals surface area contributed by atoms with Crippen LogP contribution in [0, 0.1) is 0 Å². The van der Waals surface area contributed by atoms with E-state index in [2.05, 4.69) is 27.4 Å². The SMILES string of the molecule is COc1ccc(CN2CCc3c(c(C(=O)NCc4ccccc4)nn3CCO)C2)cc1. The summed E-state index contributed by atoms with van der Waals surface area (Å²) in [5, 5.41) is 17.0. The van der Waals surface area contributed by atoms with E-state index in [1.165, 1.54) is 5.56 Å². The van der Waals surface area contributed by atoms with Gasteiger partial charge >= 0.3 is 0 Å². The molecule has 0 saturated carbocycles. The second-order valence-electron chi connectivity index (χ2n) is 7.70. The molecule has 7 nitrogen and oxygen atoms in total. The van der Waals surface area contributed by atoms with Crippen LogP contribution in [0.25, 0.3) is 0 Å². The van der Waals surface area contributed by atoms with Crippen LogP contribution in [-0.2, 0) is 32.6 Å². The lowest BCUT2D eigenvalue weighted by molar-refractivity contribution is 0.0942. The Morgan fingerprint density at radius 3 is 2.61 bits per heavy atom. The van der Waals surface area contributed by atoms with Crippen molar-refractivity contribution in [3.63, 3.8) is 0 Å². The van der Waals surface area contributed by atoms with Gasteiger partial charge in [-0.3, -0.25) is 14.4 Å². The lowest BCUT2D eigenvalue weighted by atomic mass is 10.0. The average Bonchev–Trinajstić information content (AvgIpc) is 3.17. The molecule has 2 N–H and O–H groups in total. The lowest BCUT2D eigenvalue weighted by Gasteiger charge is -2.27. The molecule has 0 aliphatic carbocycles. The van der Waals surface area contributed by atoms with E-state index in [4.69, 9.17) is 4.74 Å². The number of benzene rings is 2. The van der Waals surface area contributed by atoms with Crippen LogP contribution >= 0.6 is 0 Å². The van der Waals surface area contributed by atoms with Crippen molar-refractivity contribution in [1.82, 2.24) is 20.0 Å². The zero-order valence-corrected chi connectivity index (χ0v) is 17.8. The third-order valence-corrected chi connectivity index (χ3v) is 5.60. The zero-order chi connectivity index (χ0) is 21.6. The molecule has 2 aromatic carbocycles. The summed E-state index contributed by atoms with van der Waals surface area (Å²) < 4.78 is 7.03. The van der Waals surface area contributed by atoms with Gasteiger partial charge in [0.05, 0.1) is 20.3 Å². The van der Waals surface area contributed by atoms with Crippen molar-refractivity contribution < 1.29 is 14.6 Å². The largest absolute Gasteiger partial charge is 0.497 e. The zero-order valence-electron chi connectivity index (χ0n) is 17.8. The molecular formula is C24H28N4O3. The number of amides is 1. The molecule has 0 bridgehead atoms. The molecule has 0 spiro atoms. The van der Waals surface area contributed by atoms with Gasteiger partial charge in [0.2, 0.25) is 0 Å². The van der Waals surface area contributed by atoms with Crippen LogP contribution in [0.5, 0.6) is 5.75 Å². The van der Waals surface area contributed by atoms with Crippen LogP contribution in [0.3, 0.4) is 0 Å². The molecular weight excluding hydrogens is 392 g/mol. The van der Waals surface area contributed by atoms with Crippen LogP contribution in [0.2, 0.25) is 0 Å². The Hall–Kier alpha value is -3.16. The van der Waals surface area contributed by atoms with Gasteiger partial charge in [0, 0.05) is 43.9 Å². The van der Waals surface area contributed by atoms with Gasteiger partial charge in [0.1, 0.15) is 5.75 Å². The molecule has 2 heterocycles. The third kappa shape index (κ3) is 4.95. The molecule has 1 aliphatic heterocycles. The number of hydrogen-bond acceptors (Lipinski definition) is 5. The minimum Gasteiger partial charge on any atom is -0.497 e. The molecule has 1 aromatic heterocycles. The Kier molecular flexibility index (Phi) is 6.64. The smallest absolute Gasteiger partial charge is 0.272 e. The van der Waals surface area contributed by atoms with Crippen LogP contribution in [0.4, 0.5) is 0 Å². The summed E-state index contributed by atoms with van der Waals surface area (Å²) in [4.78, 5) is 15.3. The van der Waals surface area contributed by atoms with Gasteiger partial charge < -0.3 is 15.2 Å². The van der Waals surface area contributed by atoms with Crippen molar-refractivity contribution in [3.8, 4) is 5.75 Å². The maximum absolute atomic E-state index is 13.0. The maximum Gasteiger partial charge on any atom is 0.272 e. The van der Waals surface area contributed by atoms with E-state index in [0.717, 1.165) is 42.1 Å². The van der Waals surface area contributed by atoms with E-state index in [0.29, 0.717) is 25.3 Å². The van der Waals surface area contributed by atoms with Crippen molar-refractivity contribution in [2.45, 2.75) is 32.6 Å². The predicted molar refractivity (Wildman–Crippen MR) is 118 cm³/mol. The van der Waals surface area contributed by atoms with Gasteiger partial charge in [0.15, 0.2) is 5.69 Å². The molecule has 1 amide bonds. The van der Waals surface area contributed by atoms with Crippen molar-refractivity contribution in [2.24, 2.45) is 0 Å². The second-order valence-corrected chi connectivity index (χ2v) is 7.70. The Balaban J connectivity index is 1.50. The van der Waals surface area contributed by atoms with Gasteiger partial charge in [0.25, 0.3) is 5.91 Å². The first-order valence-electron chi connectivity index (χ1n) is 10.5. The third-order valence-electron chi connectivity index (χ3n) is 5.60. The first-order valence-corrected chi connectivity index (χ1v) is 10.5. The fourth-order valence-corrected chi connectivity index (χ4v) is 3.99. The van der Waals surface area contributed by atoms with Crippen LogP contribution in [0.1, 0.15) is 32.9 Å². The summed E-state index contributed by atoms with van der Waals surface area (Å²) in [7, 11) is 1.66. The fraction of sp³-hybridized carbons (Fsp3) is 0.333. The Morgan fingerprint density at radius 1 is 1.13 bits per heavy atom. The predicted octanol–water partition coefficient (Wildman–Crippen LogP) is 2.37. The summed E-state index contributed by atoms with van der Waals surface area (Å²) >= 11 is 0. The average molecular weight is 421 g/mol. The monoisotopic (exact) mass is 420 g/mol. The number of aromatic nitrogens is 2. The van der Waals surface area contributed by atoms with E-state index in [9.17, 15) is 9.90 Å². The molecule has 1 aliphatic rings. The van der Waals surface area contributed by atoms with E-state index < -0.39 is 0 Å². The van der Waals surface area contributed by atoms with Gasteiger partial charge in [-0.05, 0) is 23.3 Å². The number of nitrogens with zero attached hydrogens (tertiary/aromatic N) is 3. The molecule has 0 atom stereocenters. The number of carbonyl (C=O) groups is 1. The van der Waals surface area contributed by atoms with Crippen molar-refractivity contribution >= 4 is 5.91 Å². The minimum absolute atomic E-state index is 0.00520. The minimum atomic E-state index is -0.178. The molecule has 4 rings (SSSR count). The highest BCUT2D eigenvalue weighted by atomic mass is 16.5. The lowest BCUT2D eigenvalue weighted by Crippen LogP contribution is -2.32. The highest BCUT2D eigenvalue weighted by Gasteiger charge is 2.28. The van der Waals surface area contributed by atoms with Gasteiger partial charge in [-0.15, -0.1) is 0 Å². The number of nitrogens with one attached hydrogen (secondary N) is 1. The molecule has 162 valence electrons. The summed E-state index contributed by atoms with van der Waals surface area (Å²) in [5.41, 5.74) is 4.70. The Morgan fingerprint density at radius 2 is 1.90 bits per heavy atom. The molecule has 7 heteroatoms. The number of fused-ring (bicyclic) bond motifs is 1. The number of rotatable bonds is 8. The fourth-order valence-electron chi connectivity index (χ4n) is 3.99. The first-order chi connectivity index (χ1) is 15.2. The molecule has 0 fully saturated rings. The standard InChI is InChI=1S/C24H28N4O3/c1-31-20-9-7-19(8-10-20)16-27-12-11-22-21(17-27)23(26-28(22)13-14-29)24(30)25-15-18-5-3-2-4-6-18/h2-10,29H,11-17H2,1H3,(H,25,30). The van der Waals surface area contributed by atoms with Gasteiger partial charge in [-0.2, -0.15) is 5.10 Å². The number of ether oxygens (including phenoxy) is 1. The summed E-state index contributed by atoms with van der Waals surface area (Å²) in [6.45, 7) is 3.17. The van der Waals surface area contributed by atoms with Crippen molar-refractivity contribution in [1.29, 1.82) is 0 Å². The van der Waals surface area contributed by atoms with Crippen molar-refractivity contribution in [2.75, 3.05) is 20.3 Å². The van der Waals surface area contributed by atoms with E-state index in [1.54, 1.807) is 11.8 Å². The number of aliphatic hydroxyl groups excluding tert-OH is 1. The summed E-state index contributed by atoms with van der Waals surface area (Å²) in [5.74, 6) is 0.662. The molecule has 0 radical (unpaired) electrons.